The zero-order valence-corrected chi connectivity index (χ0v) is 18.1. The molecule has 0 bridgehead atoms. The number of hydrogen-bond acceptors (Lipinski definition) is 3. The molecule has 28 heavy (non-hydrogen) atoms. The van der Waals surface area contributed by atoms with Gasteiger partial charge in [0.25, 0.3) is 0 Å². The van der Waals surface area contributed by atoms with Gasteiger partial charge < -0.3 is 10.3 Å². The van der Waals surface area contributed by atoms with Crippen molar-refractivity contribution >= 4 is 22.6 Å². The van der Waals surface area contributed by atoms with Crippen LogP contribution in [0.5, 0.6) is 5.75 Å². The Morgan fingerprint density at radius 2 is 1.71 bits per heavy atom. The number of benzene rings is 2. The molecule has 1 N–H and O–H groups in total. The average Bonchev–Trinajstić information content (AvgIpc) is 2.97. The van der Waals surface area contributed by atoms with Crippen molar-refractivity contribution in [1.29, 1.82) is 0 Å². The Labute approximate surface area is 171 Å². The van der Waals surface area contributed by atoms with Gasteiger partial charge in [0.15, 0.2) is 11.4 Å². The van der Waals surface area contributed by atoms with Crippen molar-refractivity contribution in [1.82, 2.24) is 9.90 Å². The van der Waals surface area contributed by atoms with E-state index in [9.17, 15) is 10.3 Å². The number of nitrogens with zero attached hydrogens (tertiary/aromatic N) is 3. The van der Waals surface area contributed by atoms with Crippen LogP contribution in [0.4, 0.5) is 0 Å². The summed E-state index contributed by atoms with van der Waals surface area (Å²) < 4.78 is 0. The first-order chi connectivity index (χ1) is 13.0. The molecular formula is C22H28ClN3O2. The van der Waals surface area contributed by atoms with Gasteiger partial charge in [-0.2, -0.15) is 0 Å². The molecule has 1 aromatic heterocycles. The van der Waals surface area contributed by atoms with E-state index in [-0.39, 0.29) is 16.6 Å². The number of rotatable bonds is 5. The summed E-state index contributed by atoms with van der Waals surface area (Å²) in [5, 5.41) is 29.0. The molecule has 6 heteroatoms. The van der Waals surface area contributed by atoms with E-state index in [1.807, 2.05) is 6.07 Å². The summed E-state index contributed by atoms with van der Waals surface area (Å²) in [6, 6.07) is 8.93. The lowest BCUT2D eigenvalue weighted by Crippen LogP contribution is -2.37. The van der Waals surface area contributed by atoms with Crippen molar-refractivity contribution < 1.29 is 9.95 Å². The van der Waals surface area contributed by atoms with Gasteiger partial charge in [0.2, 0.25) is 11.0 Å². The highest BCUT2D eigenvalue weighted by Crippen LogP contribution is 2.41. The van der Waals surface area contributed by atoms with E-state index in [1.165, 1.54) is 4.80 Å². The molecule has 5 nitrogen and oxygen atoms in total. The first-order valence-electron chi connectivity index (χ1n) is 9.68. The fourth-order valence-electron chi connectivity index (χ4n) is 3.20. The first kappa shape index (κ1) is 20.5. The summed E-state index contributed by atoms with van der Waals surface area (Å²) in [5.74, 6) is 0.0889. The second-order valence-corrected chi connectivity index (χ2v) is 9.10. The maximum Gasteiger partial charge on any atom is 0.250 e. The minimum absolute atomic E-state index is 0.0889. The summed E-state index contributed by atoms with van der Waals surface area (Å²) in [5.41, 5.74) is 2.81. The molecule has 1 heterocycles. The van der Waals surface area contributed by atoms with E-state index in [2.05, 4.69) is 52.7 Å². The number of aromatic hydroxyl groups is 1. The van der Waals surface area contributed by atoms with Crippen molar-refractivity contribution in [2.45, 2.75) is 65.2 Å². The molecule has 0 atom stereocenters. The maximum absolute atomic E-state index is 12.9. The molecule has 150 valence electrons. The van der Waals surface area contributed by atoms with Gasteiger partial charge in [-0.1, -0.05) is 59.2 Å². The molecule has 3 aromatic rings. The van der Waals surface area contributed by atoms with Gasteiger partial charge in [-0.15, -0.1) is 4.85 Å². The molecule has 3 rings (SSSR count). The van der Waals surface area contributed by atoms with Crippen molar-refractivity contribution in [3.63, 3.8) is 0 Å². The summed E-state index contributed by atoms with van der Waals surface area (Å²) in [6.07, 6.45) is 1.78. The van der Waals surface area contributed by atoms with Gasteiger partial charge in [-0.25, -0.2) is 0 Å². The van der Waals surface area contributed by atoms with Crippen molar-refractivity contribution in [2.75, 3.05) is 0 Å². The van der Waals surface area contributed by atoms with Crippen LogP contribution in [0, 0.1) is 5.21 Å². The molecule has 0 spiro atoms. The highest BCUT2D eigenvalue weighted by atomic mass is 35.5. The summed E-state index contributed by atoms with van der Waals surface area (Å²) >= 11 is 6.05. The summed E-state index contributed by atoms with van der Waals surface area (Å²) in [4.78, 5) is 1.91. The number of halogens is 1. The minimum atomic E-state index is -0.248. The Morgan fingerprint density at radius 1 is 1.07 bits per heavy atom. The number of phenolic OH excluding ortho intramolecular Hbond substituents is 1. The maximum atomic E-state index is 12.9. The molecule has 0 saturated carbocycles. The molecule has 0 fully saturated rings. The Balaban J connectivity index is 2.36. The Kier molecular flexibility index (Phi) is 5.09. The smallest absolute Gasteiger partial charge is 0.250 e. The van der Waals surface area contributed by atoms with Crippen molar-refractivity contribution in [2.24, 2.45) is 0 Å². The van der Waals surface area contributed by atoms with E-state index in [4.69, 9.17) is 11.6 Å². The Morgan fingerprint density at radius 3 is 2.32 bits per heavy atom. The molecule has 0 aliphatic heterocycles. The van der Waals surface area contributed by atoms with Crippen LogP contribution in [0.25, 0.3) is 16.7 Å². The van der Waals surface area contributed by atoms with Crippen LogP contribution in [0.3, 0.4) is 0 Å². The Bertz CT molecular complexity index is 1040. The predicted octanol–water partition coefficient (Wildman–Crippen LogP) is 5.39. The lowest BCUT2D eigenvalue weighted by molar-refractivity contribution is -0.664. The zero-order valence-electron chi connectivity index (χ0n) is 17.4. The van der Waals surface area contributed by atoms with Gasteiger partial charge >= 0.3 is 0 Å². The lowest BCUT2D eigenvalue weighted by Gasteiger charge is -2.30. The van der Waals surface area contributed by atoms with Gasteiger partial charge in [0.05, 0.1) is 5.10 Å². The second-order valence-electron chi connectivity index (χ2n) is 8.66. The fourth-order valence-corrected chi connectivity index (χ4v) is 3.37. The highest BCUT2D eigenvalue weighted by Gasteiger charge is 2.31. The summed E-state index contributed by atoms with van der Waals surface area (Å²) in [7, 11) is 0. The van der Waals surface area contributed by atoms with Crippen LogP contribution in [0.1, 0.15) is 65.5 Å². The van der Waals surface area contributed by atoms with Crippen LogP contribution < -0.4 is 4.85 Å². The van der Waals surface area contributed by atoms with Crippen molar-refractivity contribution in [3.8, 4) is 11.4 Å². The number of aromatic nitrogens is 3. The third-order valence-electron chi connectivity index (χ3n) is 6.10. The molecule has 2 aromatic carbocycles. The number of hydrogen-bond donors (Lipinski definition) is 1. The SMILES string of the molecule is CCC(C)(C)c1cc(-n2nc3ccc(Cl)cc3[n+]2[O-])c(O)c(C(C)(C)CC)c1. The zero-order chi connectivity index (χ0) is 20.9. The highest BCUT2D eigenvalue weighted by molar-refractivity contribution is 6.31. The standard InChI is InChI=1S/C22H28ClN3O2/c1-7-21(3,4)14-11-16(22(5,6)8-2)20(27)19(12-14)25-24-17-10-9-15(23)13-18(17)26(25)28/h9-13,27H,7-8H2,1-6H3. The monoisotopic (exact) mass is 401 g/mol. The molecule has 0 aliphatic carbocycles. The average molecular weight is 402 g/mol. The van der Waals surface area contributed by atoms with Crippen LogP contribution in [0.15, 0.2) is 30.3 Å². The van der Waals surface area contributed by atoms with Gasteiger partial charge in [-0.3, -0.25) is 0 Å². The Hall–Kier alpha value is -2.27. The van der Waals surface area contributed by atoms with Crippen LogP contribution in [-0.2, 0) is 10.8 Å². The third kappa shape index (κ3) is 3.32. The van der Waals surface area contributed by atoms with Crippen LogP contribution in [-0.4, -0.2) is 15.0 Å². The topological polar surface area (TPSA) is 65.0 Å². The van der Waals surface area contributed by atoms with Crippen LogP contribution >= 0.6 is 11.6 Å². The molecule has 0 saturated heterocycles. The third-order valence-corrected chi connectivity index (χ3v) is 6.34. The molecule has 0 radical (unpaired) electrons. The quantitative estimate of drug-likeness (QED) is 0.460. The second kappa shape index (κ2) is 6.96. The van der Waals surface area contributed by atoms with Gasteiger partial charge in [0.1, 0.15) is 0 Å². The molecule has 0 unspecified atom stereocenters. The van der Waals surface area contributed by atoms with E-state index < -0.39 is 0 Å². The fraction of sp³-hybridized carbons (Fsp3) is 0.455. The van der Waals surface area contributed by atoms with Crippen molar-refractivity contribution in [3.05, 3.63) is 51.7 Å². The van der Waals surface area contributed by atoms with E-state index in [0.717, 1.165) is 24.0 Å². The molecule has 0 aliphatic rings. The summed E-state index contributed by atoms with van der Waals surface area (Å²) in [6.45, 7) is 12.7. The van der Waals surface area contributed by atoms with E-state index in [0.29, 0.717) is 26.6 Å². The van der Waals surface area contributed by atoms with Gasteiger partial charge in [-0.05, 0) is 52.2 Å². The first-order valence-corrected chi connectivity index (χ1v) is 10.1. The number of fused-ring (bicyclic) bond motifs is 1. The molecule has 0 amide bonds. The number of phenols is 1. The van der Waals surface area contributed by atoms with E-state index >= 15 is 0 Å². The minimum Gasteiger partial charge on any atom is -0.692 e. The lowest BCUT2D eigenvalue weighted by atomic mass is 9.76. The molecular weight excluding hydrogens is 374 g/mol. The predicted molar refractivity (Wildman–Crippen MR) is 113 cm³/mol. The largest absolute Gasteiger partial charge is 0.692 e. The van der Waals surface area contributed by atoms with E-state index in [1.54, 1.807) is 18.2 Å². The normalized spacial score (nSPS) is 12.7. The van der Waals surface area contributed by atoms with Gasteiger partial charge in [0, 0.05) is 16.7 Å². The van der Waals surface area contributed by atoms with Crippen LogP contribution in [0.2, 0.25) is 5.02 Å².